The zero-order valence-electron chi connectivity index (χ0n) is 22.3. The van der Waals surface area contributed by atoms with Crippen LogP contribution >= 0.6 is 38.1 Å². The fourth-order valence-corrected chi connectivity index (χ4v) is 8.25. The number of thiol groups is 2. The average Bonchev–Trinajstić information content (AvgIpc) is 3.72. The molecule has 3 aliphatic rings. The van der Waals surface area contributed by atoms with Gasteiger partial charge < -0.3 is 26.0 Å². The van der Waals surface area contributed by atoms with Gasteiger partial charge >= 0.3 is 13.6 Å². The van der Waals surface area contributed by atoms with Gasteiger partial charge in [0.25, 0.3) is 5.56 Å². The van der Waals surface area contributed by atoms with Crippen LogP contribution in [0.15, 0.2) is 23.8 Å². The Morgan fingerprint density at radius 3 is 2.22 bits per heavy atom. The first kappa shape index (κ1) is 30.9. The molecule has 0 spiro atoms. The number of hydrogen-bond acceptors (Lipinski definition) is 17. The van der Waals surface area contributed by atoms with E-state index < -0.39 is 81.5 Å². The summed E-state index contributed by atoms with van der Waals surface area (Å²) in [4.78, 5) is 34.6. The Labute approximate surface area is 260 Å². The molecule has 3 aliphatic heterocycles. The summed E-state index contributed by atoms with van der Waals surface area (Å²) in [7, 11) is 0. The van der Waals surface area contributed by atoms with Crippen LogP contribution in [0, 0.1) is 0 Å². The summed E-state index contributed by atoms with van der Waals surface area (Å²) in [6, 6.07) is 0. The van der Waals surface area contributed by atoms with E-state index in [0.717, 1.165) is 10.9 Å². The highest BCUT2D eigenvalue weighted by Gasteiger charge is 2.54. The number of halogens is 1. The molecule has 6 N–H and O–H groups in total. The molecule has 1 unspecified atom stereocenters. The van der Waals surface area contributed by atoms with Gasteiger partial charge in [-0.05, 0) is 0 Å². The van der Waals surface area contributed by atoms with Gasteiger partial charge in [-0.3, -0.25) is 37.0 Å². The van der Waals surface area contributed by atoms with Crippen molar-refractivity contribution in [2.45, 2.75) is 49.1 Å². The average molecular weight is 709 g/mol. The second-order valence-corrected chi connectivity index (χ2v) is 15.8. The van der Waals surface area contributed by atoms with Crippen molar-refractivity contribution in [3.8, 4) is 0 Å². The minimum absolute atomic E-state index is 0.0789. The highest BCUT2D eigenvalue weighted by Crippen LogP contribution is 2.60. The van der Waals surface area contributed by atoms with Crippen LogP contribution in [0.1, 0.15) is 12.5 Å². The van der Waals surface area contributed by atoms with Gasteiger partial charge in [-0.1, -0.05) is 24.5 Å². The van der Waals surface area contributed by atoms with E-state index in [1.807, 2.05) is 0 Å². The number of nitrogens with two attached hydrogens (primary N) is 2. The normalized spacial score (nSPS) is 37.7. The van der Waals surface area contributed by atoms with Gasteiger partial charge in [0.2, 0.25) is 5.95 Å². The van der Waals surface area contributed by atoms with Gasteiger partial charge in [0.15, 0.2) is 41.3 Å². The minimum Gasteiger partial charge on any atom is -0.386 e. The summed E-state index contributed by atoms with van der Waals surface area (Å²) >= 11 is 8.03. The second-order valence-electron chi connectivity index (χ2n) is 10.1. The van der Waals surface area contributed by atoms with Gasteiger partial charge in [0.1, 0.15) is 42.4 Å². The summed E-state index contributed by atoms with van der Waals surface area (Å²) in [6.07, 6.45) is -8.62. The monoisotopic (exact) mass is 708 g/mol. The Kier molecular flexibility index (Phi) is 7.72. The van der Waals surface area contributed by atoms with Crippen LogP contribution in [0.25, 0.3) is 22.3 Å². The lowest BCUT2D eigenvalue weighted by Gasteiger charge is -2.28. The fraction of sp³-hybridized carbons (Fsp3) is 0.500. The number of anilines is 2. The molecule has 45 heavy (non-hydrogen) atoms. The van der Waals surface area contributed by atoms with Crippen LogP contribution in [0.5, 0.6) is 0 Å². The standard InChI is InChI=1S/C20H23FN10O10P2S2/c21-8-12-6(38-18(8)31-5-27-10-16(31)28-20(23)29-17(10)33)1-36-43(35,45)41-13-7(2-37-42(34,44)40-12)39-19(11(13)32)30-4-26-9-14(22)24-3-25-15(9)30/h3-8,11-13,18-19,32H,1-2H2,(H,34,44)(H,35,45)(H2,22,24,25)(H3,23,28,29,33)/t6-,7?,8-,11-,12-,13-,18-,19-,42-,43-/m1/s1. The first-order chi connectivity index (χ1) is 21.3. The SMILES string of the molecule is Nc1nc2c(ncn2[C@@H]2O[C@@H]3CO[P@@](=O)(S)O[C@@H]4C(CO[P@@](=O)(S)O[C@H]3[C@H]2F)O[C@@H](n2cnc3c(N)ncnc32)[C@@H]4O)c(=O)[nH]1. The van der Waals surface area contributed by atoms with Gasteiger partial charge in [0.05, 0.1) is 25.9 Å². The van der Waals surface area contributed by atoms with Gasteiger partial charge in [-0.2, -0.15) is 4.98 Å². The lowest BCUT2D eigenvalue weighted by Crippen LogP contribution is -2.37. The first-order valence-corrected chi connectivity index (χ1v) is 18.3. The number of aromatic amines is 1. The Morgan fingerprint density at radius 1 is 0.911 bits per heavy atom. The number of ether oxygens (including phenoxy) is 2. The molecule has 25 heteroatoms. The van der Waals surface area contributed by atoms with Crippen molar-refractivity contribution >= 4 is 72.2 Å². The number of imidazole rings is 2. The number of nitrogens with zero attached hydrogens (tertiary/aromatic N) is 7. The number of hydrogen-bond donors (Lipinski definition) is 6. The number of aliphatic hydroxyl groups excluding tert-OH is 1. The lowest BCUT2D eigenvalue weighted by molar-refractivity contribution is -0.0555. The van der Waals surface area contributed by atoms with Crippen molar-refractivity contribution in [2.24, 2.45) is 0 Å². The molecule has 20 nitrogen and oxygen atoms in total. The highest BCUT2D eigenvalue weighted by molar-refractivity contribution is 8.44. The van der Waals surface area contributed by atoms with E-state index in [0.29, 0.717) is 0 Å². The molecule has 3 saturated heterocycles. The van der Waals surface area contributed by atoms with Gasteiger partial charge in [-0.25, -0.2) is 33.5 Å². The van der Waals surface area contributed by atoms with Crippen molar-refractivity contribution in [1.29, 1.82) is 0 Å². The van der Waals surface area contributed by atoms with Crippen LogP contribution in [-0.2, 0) is 36.7 Å². The maximum absolute atomic E-state index is 16.0. The molecule has 4 aromatic heterocycles. The summed E-state index contributed by atoms with van der Waals surface area (Å²) in [5.74, 6) is -0.179. The molecular formula is C20H23FN10O10P2S2. The number of nitrogens with one attached hydrogen (secondary N) is 1. The lowest BCUT2D eigenvalue weighted by atomic mass is 10.1. The van der Waals surface area contributed by atoms with Gasteiger partial charge in [-0.15, -0.1) is 0 Å². The second kappa shape index (κ2) is 11.2. The Balaban J connectivity index is 1.17. The van der Waals surface area contributed by atoms with E-state index in [9.17, 15) is 19.0 Å². The number of H-pyrrole nitrogens is 1. The van der Waals surface area contributed by atoms with E-state index in [1.54, 1.807) is 0 Å². The predicted molar refractivity (Wildman–Crippen MR) is 156 cm³/mol. The topological polar surface area (TPSA) is 269 Å². The minimum atomic E-state index is -4.40. The Hall–Kier alpha value is -2.69. The summed E-state index contributed by atoms with van der Waals surface area (Å²) in [5, 5.41) is 11.2. The predicted octanol–water partition coefficient (Wildman–Crippen LogP) is 0.511. The Bertz CT molecular complexity index is 1950. The van der Waals surface area contributed by atoms with Crippen molar-refractivity contribution in [3.63, 3.8) is 0 Å². The van der Waals surface area contributed by atoms with E-state index in [1.165, 1.54) is 17.2 Å². The summed E-state index contributed by atoms with van der Waals surface area (Å²) < 4.78 is 78.9. The van der Waals surface area contributed by atoms with E-state index in [-0.39, 0.29) is 34.1 Å². The third kappa shape index (κ3) is 5.54. The quantitative estimate of drug-likeness (QED) is 0.122. The largest absolute Gasteiger partial charge is 0.386 e. The molecule has 3 fully saturated rings. The molecule has 0 amide bonds. The molecule has 7 rings (SSSR count). The zero-order valence-corrected chi connectivity index (χ0v) is 25.9. The number of aromatic nitrogens is 8. The number of rotatable bonds is 2. The van der Waals surface area contributed by atoms with E-state index in [4.69, 9.17) is 39.0 Å². The number of aliphatic hydroxyl groups is 1. The molecule has 0 aromatic carbocycles. The molecule has 0 aliphatic carbocycles. The molecule has 10 atom stereocenters. The van der Waals surface area contributed by atoms with Gasteiger partial charge in [0, 0.05) is 0 Å². The summed E-state index contributed by atoms with van der Waals surface area (Å²) in [5.41, 5.74) is 11.0. The maximum atomic E-state index is 16.0. The zero-order chi connectivity index (χ0) is 31.8. The first-order valence-electron chi connectivity index (χ1n) is 12.9. The van der Waals surface area contributed by atoms with E-state index >= 15 is 4.39 Å². The molecule has 4 aromatic rings. The third-order valence-corrected chi connectivity index (χ3v) is 10.5. The van der Waals surface area contributed by atoms with Crippen molar-refractivity contribution in [1.82, 2.24) is 39.0 Å². The molecule has 7 heterocycles. The molecule has 0 bridgehead atoms. The molecular weight excluding hydrogens is 685 g/mol. The molecule has 0 saturated carbocycles. The van der Waals surface area contributed by atoms with Crippen LogP contribution < -0.4 is 17.0 Å². The van der Waals surface area contributed by atoms with Crippen LogP contribution in [0.4, 0.5) is 16.2 Å². The van der Waals surface area contributed by atoms with E-state index in [2.05, 4.69) is 54.4 Å². The van der Waals surface area contributed by atoms with Crippen molar-refractivity contribution in [2.75, 3.05) is 24.7 Å². The van der Waals surface area contributed by atoms with Crippen LogP contribution in [0.2, 0.25) is 0 Å². The van der Waals surface area contributed by atoms with Crippen molar-refractivity contribution < 1.29 is 46.2 Å². The van der Waals surface area contributed by atoms with Crippen molar-refractivity contribution in [3.05, 3.63) is 29.3 Å². The Morgan fingerprint density at radius 2 is 1.51 bits per heavy atom. The number of fused-ring (bicyclic) bond motifs is 4. The molecule has 242 valence electrons. The smallest absolute Gasteiger partial charge is 0.386 e. The third-order valence-electron chi connectivity index (χ3n) is 7.28. The molecule has 0 radical (unpaired) electrons. The summed E-state index contributed by atoms with van der Waals surface area (Å²) in [6.45, 7) is -10.0. The van der Waals surface area contributed by atoms with Crippen LogP contribution in [-0.4, -0.2) is 94.0 Å². The van der Waals surface area contributed by atoms with Crippen LogP contribution in [0.3, 0.4) is 0 Å². The number of nitrogen functional groups attached to an aromatic ring is 2. The fourth-order valence-electron chi connectivity index (χ4n) is 5.28. The highest BCUT2D eigenvalue weighted by atomic mass is 32.7. The number of alkyl halides is 1. The maximum Gasteiger partial charge on any atom is 0.386 e.